The number of carbonyl (C=O) groups is 1. The normalized spacial score (nSPS) is 17.3. The lowest BCUT2D eigenvalue weighted by atomic mass is 9.96. The third kappa shape index (κ3) is 4.26. The van der Waals surface area contributed by atoms with Crippen molar-refractivity contribution in [1.82, 2.24) is 35.0 Å². The molecule has 32 heavy (non-hydrogen) atoms. The lowest BCUT2D eigenvalue weighted by molar-refractivity contribution is -0.141. The van der Waals surface area contributed by atoms with Crippen molar-refractivity contribution in [3.05, 3.63) is 29.6 Å². The van der Waals surface area contributed by atoms with E-state index in [0.29, 0.717) is 35.9 Å². The van der Waals surface area contributed by atoms with Crippen LogP contribution in [0.25, 0.3) is 11.2 Å². The third-order valence-corrected chi connectivity index (χ3v) is 5.35. The molecule has 4 rings (SSSR count). The van der Waals surface area contributed by atoms with Gasteiger partial charge in [-0.1, -0.05) is 20.8 Å². The molecule has 0 aliphatic carbocycles. The van der Waals surface area contributed by atoms with Crippen LogP contribution in [0.5, 0.6) is 0 Å². The molecule has 2 N–H and O–H groups in total. The van der Waals surface area contributed by atoms with Gasteiger partial charge in [-0.3, -0.25) is 9.89 Å². The number of anilines is 1. The van der Waals surface area contributed by atoms with Crippen LogP contribution in [0.2, 0.25) is 0 Å². The topological polar surface area (TPSA) is 105 Å². The Bertz CT molecular complexity index is 1140. The zero-order valence-electron chi connectivity index (χ0n) is 18.3. The number of amides is 1. The fraction of sp³-hybridized carbons (Fsp3) is 0.550. The predicted molar refractivity (Wildman–Crippen MR) is 111 cm³/mol. The summed E-state index contributed by atoms with van der Waals surface area (Å²) < 4.78 is 41.4. The number of fused-ring (bicyclic) bond motifs is 1. The van der Waals surface area contributed by atoms with Crippen LogP contribution in [-0.4, -0.2) is 54.8 Å². The number of hydrogen-bond acceptors (Lipinski definition) is 6. The maximum absolute atomic E-state index is 13.3. The predicted octanol–water partition coefficient (Wildman–Crippen LogP) is 2.63. The maximum Gasteiger partial charge on any atom is 0.433 e. The number of imidazole rings is 1. The Labute approximate surface area is 182 Å². The molecule has 12 heteroatoms. The summed E-state index contributed by atoms with van der Waals surface area (Å²) in [5.74, 6) is 1.09. The van der Waals surface area contributed by atoms with Crippen molar-refractivity contribution in [2.24, 2.45) is 0 Å². The minimum atomic E-state index is -4.53. The first-order chi connectivity index (χ1) is 14.9. The van der Waals surface area contributed by atoms with Gasteiger partial charge >= 0.3 is 6.18 Å². The van der Waals surface area contributed by atoms with E-state index in [4.69, 9.17) is 4.98 Å². The van der Waals surface area contributed by atoms with Crippen LogP contribution in [0.1, 0.15) is 51.2 Å². The molecule has 1 aliphatic rings. The molecule has 0 aromatic carbocycles. The fourth-order valence-corrected chi connectivity index (χ4v) is 3.82. The highest BCUT2D eigenvalue weighted by molar-refractivity contribution is 5.84. The number of aromatic amines is 1. The molecule has 9 nitrogen and oxygen atoms in total. The summed E-state index contributed by atoms with van der Waals surface area (Å²) in [4.78, 5) is 27.3. The summed E-state index contributed by atoms with van der Waals surface area (Å²) in [7, 11) is 0. The maximum atomic E-state index is 13.3. The SMILES string of the molecule is CC(=O)N[C@H]1CCN(c2nc(C(C)(C)C)nc3c2ncn3Cc2cn[nH]c2C(F)(F)F)C1. The molecule has 1 fully saturated rings. The number of carbonyl (C=O) groups excluding carboxylic acids is 1. The van der Waals surface area contributed by atoms with E-state index in [1.165, 1.54) is 19.4 Å². The number of nitrogens with zero attached hydrogens (tertiary/aromatic N) is 6. The molecule has 3 aromatic rings. The Hall–Kier alpha value is -3.18. The van der Waals surface area contributed by atoms with Gasteiger partial charge in [-0.05, 0) is 6.42 Å². The van der Waals surface area contributed by atoms with Crippen LogP contribution >= 0.6 is 0 Å². The quantitative estimate of drug-likeness (QED) is 0.633. The lowest BCUT2D eigenvalue weighted by Gasteiger charge is -2.22. The van der Waals surface area contributed by atoms with Crippen LogP contribution < -0.4 is 10.2 Å². The van der Waals surface area contributed by atoms with Gasteiger partial charge in [0.2, 0.25) is 5.91 Å². The lowest BCUT2D eigenvalue weighted by Crippen LogP contribution is -2.36. The molecular formula is C20H25F3N8O. The summed E-state index contributed by atoms with van der Waals surface area (Å²) in [6, 6.07) is -0.00189. The number of nitrogens with one attached hydrogen (secondary N) is 2. The van der Waals surface area contributed by atoms with Crippen molar-refractivity contribution >= 4 is 22.9 Å². The molecule has 1 amide bonds. The van der Waals surface area contributed by atoms with Crippen LogP contribution in [0.4, 0.5) is 19.0 Å². The molecule has 0 saturated carbocycles. The molecule has 3 aromatic heterocycles. The molecule has 0 radical (unpaired) electrons. The van der Waals surface area contributed by atoms with E-state index in [2.05, 4.69) is 20.4 Å². The van der Waals surface area contributed by atoms with Crippen molar-refractivity contribution < 1.29 is 18.0 Å². The average Bonchev–Trinajstić information content (AvgIpc) is 3.40. The van der Waals surface area contributed by atoms with E-state index in [0.717, 1.165) is 6.42 Å². The van der Waals surface area contributed by atoms with Crippen molar-refractivity contribution in [3.8, 4) is 0 Å². The molecule has 0 bridgehead atoms. The van der Waals surface area contributed by atoms with Crippen LogP contribution in [0, 0.1) is 0 Å². The van der Waals surface area contributed by atoms with Crippen LogP contribution in [0.3, 0.4) is 0 Å². The van der Waals surface area contributed by atoms with E-state index < -0.39 is 11.9 Å². The molecule has 1 atom stereocenters. The Morgan fingerprint density at radius 1 is 1.28 bits per heavy atom. The largest absolute Gasteiger partial charge is 0.433 e. The van der Waals surface area contributed by atoms with Crippen molar-refractivity contribution in [2.75, 3.05) is 18.0 Å². The van der Waals surface area contributed by atoms with Gasteiger partial charge in [0.15, 0.2) is 17.0 Å². The Balaban J connectivity index is 1.76. The minimum absolute atomic E-state index is 0.00108. The second kappa shape index (κ2) is 7.75. The second-order valence-corrected chi connectivity index (χ2v) is 9.07. The molecule has 0 unspecified atom stereocenters. The van der Waals surface area contributed by atoms with Gasteiger partial charge in [0.05, 0.1) is 19.1 Å². The standard InChI is InChI=1S/C20H25F3N8O/c1-11(32)26-13-5-6-30(9-13)16-14-17(28-18(27-16)19(2,3)4)31(10-24-14)8-12-7-25-29-15(12)20(21,22)23/h7,10,13H,5-6,8-9H2,1-4H3,(H,25,29)(H,26,32)/t13-/m0/s1. The fourth-order valence-electron chi connectivity index (χ4n) is 3.82. The van der Waals surface area contributed by atoms with Crippen molar-refractivity contribution in [1.29, 1.82) is 0 Å². The van der Waals surface area contributed by atoms with E-state index in [-0.39, 0.29) is 29.5 Å². The molecule has 1 saturated heterocycles. The summed E-state index contributed by atoms with van der Waals surface area (Å²) >= 11 is 0. The van der Waals surface area contributed by atoms with Gasteiger partial charge in [0.25, 0.3) is 0 Å². The summed E-state index contributed by atoms with van der Waals surface area (Å²) in [5.41, 5.74) is -0.305. The number of alkyl halides is 3. The first-order valence-corrected chi connectivity index (χ1v) is 10.3. The minimum Gasteiger partial charge on any atom is -0.353 e. The van der Waals surface area contributed by atoms with Crippen molar-refractivity contribution in [2.45, 2.75) is 58.3 Å². The monoisotopic (exact) mass is 450 g/mol. The number of hydrogen-bond donors (Lipinski definition) is 2. The first-order valence-electron chi connectivity index (χ1n) is 10.3. The van der Waals surface area contributed by atoms with E-state index in [1.807, 2.05) is 30.8 Å². The second-order valence-electron chi connectivity index (χ2n) is 9.07. The number of halogens is 3. The highest BCUT2D eigenvalue weighted by Gasteiger charge is 2.36. The molecule has 172 valence electrons. The molecular weight excluding hydrogens is 425 g/mol. The number of H-pyrrole nitrogens is 1. The smallest absolute Gasteiger partial charge is 0.353 e. The van der Waals surface area contributed by atoms with Crippen LogP contribution in [0.15, 0.2) is 12.5 Å². The van der Waals surface area contributed by atoms with Gasteiger partial charge < -0.3 is 14.8 Å². The van der Waals surface area contributed by atoms with Gasteiger partial charge in [-0.25, -0.2) is 15.0 Å². The average molecular weight is 450 g/mol. The Morgan fingerprint density at radius 3 is 2.69 bits per heavy atom. The van der Waals surface area contributed by atoms with Gasteiger partial charge in [-0.15, -0.1) is 0 Å². The zero-order chi connectivity index (χ0) is 23.3. The van der Waals surface area contributed by atoms with E-state index in [1.54, 1.807) is 4.57 Å². The summed E-state index contributed by atoms with van der Waals surface area (Å²) in [5, 5.41) is 8.52. The van der Waals surface area contributed by atoms with Crippen molar-refractivity contribution in [3.63, 3.8) is 0 Å². The van der Waals surface area contributed by atoms with Crippen LogP contribution in [-0.2, 0) is 22.9 Å². The highest BCUT2D eigenvalue weighted by atomic mass is 19.4. The summed E-state index contributed by atoms with van der Waals surface area (Å²) in [6.07, 6.45) is -1.13. The molecule has 4 heterocycles. The zero-order valence-corrected chi connectivity index (χ0v) is 18.3. The van der Waals surface area contributed by atoms with E-state index in [9.17, 15) is 18.0 Å². The third-order valence-electron chi connectivity index (χ3n) is 5.35. The van der Waals surface area contributed by atoms with E-state index >= 15 is 0 Å². The van der Waals surface area contributed by atoms with Gasteiger partial charge in [0.1, 0.15) is 11.5 Å². The number of rotatable bonds is 4. The molecule has 1 aliphatic heterocycles. The molecule has 0 spiro atoms. The summed E-state index contributed by atoms with van der Waals surface area (Å²) in [6.45, 7) is 8.56. The highest BCUT2D eigenvalue weighted by Crippen LogP contribution is 2.32. The Kier molecular flexibility index (Phi) is 5.33. The van der Waals surface area contributed by atoms with Gasteiger partial charge in [-0.2, -0.15) is 18.3 Å². The number of aromatic nitrogens is 6. The Morgan fingerprint density at radius 2 is 2.03 bits per heavy atom. The van der Waals surface area contributed by atoms with Gasteiger partial charge in [0, 0.05) is 37.0 Å². The first kappa shape index (κ1) is 22.0.